The van der Waals surface area contributed by atoms with Crippen molar-refractivity contribution in [3.8, 4) is 11.8 Å². The van der Waals surface area contributed by atoms with Crippen LogP contribution in [0.25, 0.3) is 0 Å². The van der Waals surface area contributed by atoms with Crippen LogP contribution in [-0.2, 0) is 9.53 Å². The summed E-state index contributed by atoms with van der Waals surface area (Å²) in [6.45, 7) is 2.76. The fourth-order valence-electron chi connectivity index (χ4n) is 3.06. The third-order valence-corrected chi connectivity index (χ3v) is 4.18. The number of esters is 1. The second kappa shape index (κ2) is 5.58. The number of hydrogen-bond acceptors (Lipinski definition) is 2. The van der Waals surface area contributed by atoms with Crippen molar-refractivity contribution < 1.29 is 9.53 Å². The molecule has 0 bridgehead atoms. The first-order valence-electron chi connectivity index (χ1n) is 6.92. The van der Waals surface area contributed by atoms with E-state index in [1.54, 1.807) is 0 Å². The summed E-state index contributed by atoms with van der Waals surface area (Å²) in [5.41, 5.74) is -0.253. The van der Waals surface area contributed by atoms with Gasteiger partial charge in [-0.2, -0.15) is 0 Å². The maximum Gasteiger partial charge on any atom is 0.313 e. The average Bonchev–Trinajstić information content (AvgIpc) is 2.53. The third-order valence-electron chi connectivity index (χ3n) is 4.18. The summed E-state index contributed by atoms with van der Waals surface area (Å²) in [7, 11) is 0. The van der Waals surface area contributed by atoms with Crippen LogP contribution >= 0.6 is 0 Å². The summed E-state index contributed by atoms with van der Waals surface area (Å²) in [4.78, 5) is 12.1. The first-order chi connectivity index (χ1) is 8.29. The molecule has 2 atom stereocenters. The zero-order chi connectivity index (χ0) is 12.1. The van der Waals surface area contributed by atoms with Crippen LogP contribution in [-0.4, -0.2) is 12.6 Å². The van der Waals surface area contributed by atoms with Crippen LogP contribution in [0.3, 0.4) is 0 Å². The summed E-state index contributed by atoms with van der Waals surface area (Å²) >= 11 is 0. The molecule has 0 aromatic rings. The van der Waals surface area contributed by atoms with Crippen molar-refractivity contribution >= 4 is 5.97 Å². The van der Waals surface area contributed by atoms with Crippen molar-refractivity contribution in [2.45, 2.75) is 58.3 Å². The van der Waals surface area contributed by atoms with E-state index in [2.05, 4.69) is 18.8 Å². The predicted octanol–water partition coefficient (Wildman–Crippen LogP) is 3.30. The number of unbranched alkanes of at least 4 members (excludes halogenated alkanes) is 1. The van der Waals surface area contributed by atoms with Gasteiger partial charge in [0.2, 0.25) is 0 Å². The quantitative estimate of drug-likeness (QED) is 0.541. The van der Waals surface area contributed by atoms with Crippen LogP contribution in [0.2, 0.25) is 0 Å². The molecule has 1 heterocycles. The summed E-state index contributed by atoms with van der Waals surface area (Å²) < 4.78 is 5.31. The fourth-order valence-corrected chi connectivity index (χ4v) is 3.06. The topological polar surface area (TPSA) is 26.3 Å². The number of carbonyl (C=O) groups is 1. The van der Waals surface area contributed by atoms with Gasteiger partial charge in [0, 0.05) is 18.8 Å². The molecule has 2 nitrogen and oxygen atoms in total. The Hall–Kier alpha value is -0.970. The molecule has 0 unspecified atom stereocenters. The molecule has 2 aliphatic rings. The van der Waals surface area contributed by atoms with Gasteiger partial charge in [-0.05, 0) is 19.3 Å². The Morgan fingerprint density at radius 1 is 1.35 bits per heavy atom. The Morgan fingerprint density at radius 2 is 2.24 bits per heavy atom. The second-order valence-corrected chi connectivity index (χ2v) is 5.33. The lowest BCUT2D eigenvalue weighted by Gasteiger charge is -2.26. The molecule has 0 amide bonds. The normalized spacial score (nSPS) is 32.1. The Bertz CT molecular complexity index is 337. The van der Waals surface area contributed by atoms with E-state index in [-0.39, 0.29) is 11.4 Å². The molecule has 0 aromatic heterocycles. The van der Waals surface area contributed by atoms with Gasteiger partial charge >= 0.3 is 5.97 Å². The van der Waals surface area contributed by atoms with Gasteiger partial charge in [-0.25, -0.2) is 0 Å². The van der Waals surface area contributed by atoms with Gasteiger partial charge in [0.05, 0.1) is 12.0 Å². The molecular weight excluding hydrogens is 212 g/mol. The van der Waals surface area contributed by atoms with Gasteiger partial charge in [0.15, 0.2) is 0 Å². The largest absolute Gasteiger partial charge is 0.465 e. The van der Waals surface area contributed by atoms with Gasteiger partial charge < -0.3 is 4.74 Å². The van der Waals surface area contributed by atoms with Crippen molar-refractivity contribution in [2.24, 2.45) is 11.3 Å². The van der Waals surface area contributed by atoms with E-state index in [1.807, 2.05) is 0 Å². The summed E-state index contributed by atoms with van der Waals surface area (Å²) in [5.74, 6) is 6.85. The Morgan fingerprint density at radius 3 is 3.06 bits per heavy atom. The molecule has 94 valence electrons. The van der Waals surface area contributed by atoms with Crippen LogP contribution in [0.15, 0.2) is 0 Å². The van der Waals surface area contributed by atoms with E-state index in [9.17, 15) is 4.79 Å². The molecule has 0 N–H and O–H groups in total. The molecule has 2 fully saturated rings. The zero-order valence-electron chi connectivity index (χ0n) is 10.8. The van der Waals surface area contributed by atoms with Gasteiger partial charge in [0.25, 0.3) is 0 Å². The van der Waals surface area contributed by atoms with E-state index < -0.39 is 0 Å². The van der Waals surface area contributed by atoms with E-state index in [1.165, 1.54) is 12.8 Å². The highest BCUT2D eigenvalue weighted by Crippen LogP contribution is 2.47. The summed E-state index contributed by atoms with van der Waals surface area (Å²) in [6.07, 6.45) is 8.53. The van der Waals surface area contributed by atoms with Gasteiger partial charge in [-0.3, -0.25) is 4.79 Å². The third kappa shape index (κ3) is 2.49. The Kier molecular flexibility index (Phi) is 4.10. The van der Waals surface area contributed by atoms with Crippen molar-refractivity contribution in [2.75, 3.05) is 6.61 Å². The minimum Gasteiger partial charge on any atom is -0.465 e. The van der Waals surface area contributed by atoms with E-state index >= 15 is 0 Å². The van der Waals surface area contributed by atoms with Crippen molar-refractivity contribution in [1.29, 1.82) is 0 Å². The molecule has 2 rings (SSSR count). The molecule has 1 aliphatic carbocycles. The number of ether oxygens (including phenoxy) is 1. The standard InChI is InChI=1S/C15H22O2/c1-2-3-4-7-10-15-11-8-5-6-9-13(15)12-17-14(15)16/h13H,2-3,5-6,8-12H2,1H3/t13-,15-/m0/s1. The number of carbonyl (C=O) groups excluding carboxylic acids is 1. The number of hydrogen-bond donors (Lipinski definition) is 0. The molecule has 17 heavy (non-hydrogen) atoms. The van der Waals surface area contributed by atoms with E-state index in [4.69, 9.17) is 4.74 Å². The lowest BCUT2D eigenvalue weighted by Crippen LogP contribution is -2.32. The van der Waals surface area contributed by atoms with Crippen molar-refractivity contribution in [3.63, 3.8) is 0 Å². The predicted molar refractivity (Wildman–Crippen MR) is 67.3 cm³/mol. The lowest BCUT2D eigenvalue weighted by atomic mass is 9.72. The second-order valence-electron chi connectivity index (χ2n) is 5.33. The van der Waals surface area contributed by atoms with Crippen LogP contribution < -0.4 is 0 Å². The molecular formula is C15H22O2. The monoisotopic (exact) mass is 234 g/mol. The van der Waals surface area contributed by atoms with Gasteiger partial charge in [0.1, 0.15) is 0 Å². The Balaban J connectivity index is 2.11. The smallest absolute Gasteiger partial charge is 0.313 e. The molecule has 1 saturated carbocycles. The summed E-state index contributed by atoms with van der Waals surface area (Å²) in [6, 6.07) is 0. The molecule has 0 aromatic carbocycles. The SMILES string of the molecule is CCCC#CC[C@]12CCCCC[C@H]1COC2=O. The Labute approximate surface area is 104 Å². The highest BCUT2D eigenvalue weighted by molar-refractivity contribution is 5.79. The lowest BCUT2D eigenvalue weighted by molar-refractivity contribution is -0.146. The highest BCUT2D eigenvalue weighted by atomic mass is 16.5. The van der Waals surface area contributed by atoms with Gasteiger partial charge in [-0.1, -0.05) is 26.2 Å². The highest BCUT2D eigenvalue weighted by Gasteiger charge is 2.51. The fraction of sp³-hybridized carbons (Fsp3) is 0.800. The summed E-state index contributed by atoms with van der Waals surface area (Å²) in [5, 5.41) is 0. The van der Waals surface area contributed by atoms with Crippen LogP contribution in [0.4, 0.5) is 0 Å². The minimum atomic E-state index is -0.253. The molecule has 2 heteroatoms. The van der Waals surface area contributed by atoms with Gasteiger partial charge in [-0.15, -0.1) is 11.8 Å². The molecule has 0 spiro atoms. The maximum atomic E-state index is 12.1. The molecule has 1 saturated heterocycles. The van der Waals surface area contributed by atoms with Crippen molar-refractivity contribution in [3.05, 3.63) is 0 Å². The number of fused-ring (bicyclic) bond motifs is 1. The first kappa shape index (κ1) is 12.5. The molecule has 0 radical (unpaired) electrons. The van der Waals surface area contributed by atoms with E-state index in [0.29, 0.717) is 12.5 Å². The first-order valence-corrected chi connectivity index (χ1v) is 6.92. The van der Waals surface area contributed by atoms with Crippen molar-refractivity contribution in [1.82, 2.24) is 0 Å². The zero-order valence-corrected chi connectivity index (χ0v) is 10.8. The average molecular weight is 234 g/mol. The van der Waals surface area contributed by atoms with Crippen LogP contribution in [0, 0.1) is 23.2 Å². The number of rotatable bonds is 2. The maximum absolute atomic E-state index is 12.1. The molecule has 1 aliphatic heterocycles. The van der Waals surface area contributed by atoms with Crippen LogP contribution in [0.5, 0.6) is 0 Å². The van der Waals surface area contributed by atoms with E-state index in [0.717, 1.165) is 38.5 Å². The minimum absolute atomic E-state index is 0.0233. The van der Waals surface area contributed by atoms with Crippen LogP contribution in [0.1, 0.15) is 58.3 Å². The number of cyclic esters (lactones) is 1.